The van der Waals surface area contributed by atoms with Crippen LogP contribution in [0.3, 0.4) is 0 Å². The van der Waals surface area contributed by atoms with Crippen LogP contribution in [0.25, 0.3) is 0 Å². The van der Waals surface area contributed by atoms with Crippen LogP contribution in [0, 0.1) is 5.92 Å². The van der Waals surface area contributed by atoms with Gasteiger partial charge < -0.3 is 15.1 Å². The van der Waals surface area contributed by atoms with E-state index in [1.54, 1.807) is 6.26 Å². The maximum absolute atomic E-state index is 5.34. The van der Waals surface area contributed by atoms with E-state index in [1.165, 1.54) is 38.5 Å². The highest BCUT2D eigenvalue weighted by Crippen LogP contribution is 2.31. The highest BCUT2D eigenvalue weighted by molar-refractivity contribution is 4.98. The second-order valence-corrected chi connectivity index (χ2v) is 6.13. The van der Waals surface area contributed by atoms with Crippen LogP contribution in [-0.2, 0) is 6.42 Å². The molecule has 1 aromatic rings. The minimum Gasteiger partial charge on any atom is -0.469 e. The van der Waals surface area contributed by atoms with E-state index in [0.29, 0.717) is 6.04 Å². The summed E-state index contributed by atoms with van der Waals surface area (Å²) in [5.74, 6) is 2.05. The average molecular weight is 262 g/mol. The van der Waals surface area contributed by atoms with E-state index in [0.717, 1.165) is 37.2 Å². The Morgan fingerprint density at radius 2 is 2.16 bits per heavy atom. The molecule has 1 aromatic heterocycles. The summed E-state index contributed by atoms with van der Waals surface area (Å²) in [5.41, 5.74) is 0. The fraction of sp³-hybridized carbons (Fsp3) is 0.750. The summed E-state index contributed by atoms with van der Waals surface area (Å²) in [4.78, 5) is 0. The molecule has 1 saturated heterocycles. The summed E-state index contributed by atoms with van der Waals surface area (Å²) in [7, 11) is 0. The Hall–Kier alpha value is -0.800. The summed E-state index contributed by atoms with van der Waals surface area (Å²) in [6.07, 6.45) is 11.2. The highest BCUT2D eigenvalue weighted by Gasteiger charge is 2.31. The van der Waals surface area contributed by atoms with E-state index in [9.17, 15) is 0 Å². The van der Waals surface area contributed by atoms with Crippen molar-refractivity contribution in [1.29, 1.82) is 0 Å². The summed E-state index contributed by atoms with van der Waals surface area (Å²) in [6, 6.07) is 5.49. The molecule has 2 heterocycles. The van der Waals surface area contributed by atoms with Gasteiger partial charge in [0, 0.05) is 31.6 Å². The van der Waals surface area contributed by atoms with Crippen LogP contribution < -0.4 is 10.6 Å². The van der Waals surface area contributed by atoms with E-state index in [1.807, 2.05) is 12.1 Å². The SMILES string of the molecule is c1coc(CCNCC2CCC3CCCCC3N2)c1. The van der Waals surface area contributed by atoms with Gasteiger partial charge in [-0.1, -0.05) is 12.8 Å². The first-order valence-electron chi connectivity index (χ1n) is 7.91. The number of rotatable bonds is 5. The van der Waals surface area contributed by atoms with Gasteiger partial charge in [0.15, 0.2) is 0 Å². The fourth-order valence-electron chi connectivity index (χ4n) is 3.68. The van der Waals surface area contributed by atoms with Crippen LogP contribution in [0.1, 0.15) is 44.3 Å². The van der Waals surface area contributed by atoms with Crippen molar-refractivity contribution in [3.05, 3.63) is 24.2 Å². The summed E-state index contributed by atoms with van der Waals surface area (Å²) in [5, 5.41) is 7.43. The minimum atomic E-state index is 0.677. The van der Waals surface area contributed by atoms with Crippen LogP contribution in [0.15, 0.2) is 22.8 Å². The van der Waals surface area contributed by atoms with Gasteiger partial charge in [0.05, 0.1) is 6.26 Å². The van der Waals surface area contributed by atoms with Crippen LogP contribution in [-0.4, -0.2) is 25.2 Å². The number of hydrogen-bond acceptors (Lipinski definition) is 3. The maximum atomic E-state index is 5.34. The van der Waals surface area contributed by atoms with Gasteiger partial charge >= 0.3 is 0 Å². The minimum absolute atomic E-state index is 0.677. The predicted molar refractivity (Wildman–Crippen MR) is 77.2 cm³/mol. The molecule has 0 spiro atoms. The second kappa shape index (κ2) is 6.58. The Morgan fingerprint density at radius 3 is 3.05 bits per heavy atom. The average Bonchev–Trinajstić information content (AvgIpc) is 2.97. The molecule has 1 saturated carbocycles. The number of furan rings is 1. The van der Waals surface area contributed by atoms with E-state index in [-0.39, 0.29) is 0 Å². The van der Waals surface area contributed by atoms with E-state index >= 15 is 0 Å². The van der Waals surface area contributed by atoms with Gasteiger partial charge in [-0.05, 0) is 43.7 Å². The van der Waals surface area contributed by atoms with Gasteiger partial charge in [-0.2, -0.15) is 0 Å². The quantitative estimate of drug-likeness (QED) is 0.801. The molecule has 0 aromatic carbocycles. The Labute approximate surface area is 116 Å². The van der Waals surface area contributed by atoms with Crippen molar-refractivity contribution in [1.82, 2.24) is 10.6 Å². The molecule has 2 fully saturated rings. The highest BCUT2D eigenvalue weighted by atomic mass is 16.3. The van der Waals surface area contributed by atoms with Crippen molar-refractivity contribution in [3.8, 4) is 0 Å². The molecule has 1 aliphatic heterocycles. The van der Waals surface area contributed by atoms with Gasteiger partial charge in [0.1, 0.15) is 5.76 Å². The molecule has 3 atom stereocenters. The Morgan fingerprint density at radius 1 is 1.21 bits per heavy atom. The van der Waals surface area contributed by atoms with Crippen LogP contribution in [0.5, 0.6) is 0 Å². The van der Waals surface area contributed by atoms with Crippen molar-refractivity contribution in [2.75, 3.05) is 13.1 Å². The molecule has 0 amide bonds. The first-order valence-corrected chi connectivity index (χ1v) is 7.91. The molecule has 3 rings (SSSR count). The summed E-state index contributed by atoms with van der Waals surface area (Å²) < 4.78 is 5.34. The molecule has 0 bridgehead atoms. The Bertz CT molecular complexity index is 363. The van der Waals surface area contributed by atoms with Crippen molar-refractivity contribution >= 4 is 0 Å². The largest absolute Gasteiger partial charge is 0.469 e. The molecule has 0 radical (unpaired) electrons. The van der Waals surface area contributed by atoms with Crippen molar-refractivity contribution < 1.29 is 4.42 Å². The Balaban J connectivity index is 1.34. The Kier molecular flexibility index (Phi) is 4.57. The number of fused-ring (bicyclic) bond motifs is 1. The molecular weight excluding hydrogens is 236 g/mol. The zero-order valence-electron chi connectivity index (χ0n) is 11.7. The number of hydrogen-bond donors (Lipinski definition) is 2. The van der Waals surface area contributed by atoms with Crippen molar-refractivity contribution in [2.45, 2.75) is 57.0 Å². The second-order valence-electron chi connectivity index (χ2n) is 6.13. The monoisotopic (exact) mass is 262 g/mol. The topological polar surface area (TPSA) is 37.2 Å². The van der Waals surface area contributed by atoms with E-state index < -0.39 is 0 Å². The zero-order valence-corrected chi connectivity index (χ0v) is 11.7. The zero-order chi connectivity index (χ0) is 12.9. The third-order valence-corrected chi connectivity index (χ3v) is 4.76. The van der Waals surface area contributed by atoms with E-state index in [4.69, 9.17) is 4.42 Å². The van der Waals surface area contributed by atoms with Crippen LogP contribution in [0.4, 0.5) is 0 Å². The smallest absolute Gasteiger partial charge is 0.105 e. The molecule has 2 N–H and O–H groups in total. The molecule has 3 heteroatoms. The lowest BCUT2D eigenvalue weighted by Gasteiger charge is -2.40. The van der Waals surface area contributed by atoms with Crippen LogP contribution in [0.2, 0.25) is 0 Å². The number of piperidine rings is 1. The van der Waals surface area contributed by atoms with Gasteiger partial charge in [-0.3, -0.25) is 0 Å². The van der Waals surface area contributed by atoms with E-state index in [2.05, 4.69) is 10.6 Å². The van der Waals surface area contributed by atoms with Gasteiger partial charge in [-0.15, -0.1) is 0 Å². The molecule has 3 unspecified atom stereocenters. The normalized spacial score (nSPS) is 31.1. The van der Waals surface area contributed by atoms with Gasteiger partial charge in [0.25, 0.3) is 0 Å². The first-order chi connectivity index (χ1) is 9.42. The predicted octanol–water partition coefficient (Wildman–Crippen LogP) is 2.72. The fourth-order valence-corrected chi connectivity index (χ4v) is 3.68. The molecule has 3 nitrogen and oxygen atoms in total. The van der Waals surface area contributed by atoms with Crippen molar-refractivity contribution in [2.24, 2.45) is 5.92 Å². The number of nitrogens with one attached hydrogen (secondary N) is 2. The van der Waals surface area contributed by atoms with Gasteiger partial charge in [0.2, 0.25) is 0 Å². The molecule has 106 valence electrons. The lowest BCUT2D eigenvalue weighted by molar-refractivity contribution is 0.174. The third-order valence-electron chi connectivity index (χ3n) is 4.76. The first kappa shape index (κ1) is 13.2. The molecule has 1 aliphatic carbocycles. The van der Waals surface area contributed by atoms with Crippen molar-refractivity contribution in [3.63, 3.8) is 0 Å². The lowest BCUT2D eigenvalue weighted by Crippen LogP contribution is -2.52. The maximum Gasteiger partial charge on any atom is 0.105 e. The summed E-state index contributed by atoms with van der Waals surface area (Å²) in [6.45, 7) is 2.11. The lowest BCUT2D eigenvalue weighted by atomic mass is 9.78. The van der Waals surface area contributed by atoms with Crippen LogP contribution >= 0.6 is 0 Å². The standard InChI is InChI=1S/C16H26N2O/c1-2-6-16-13(4-1)7-8-14(18-16)12-17-10-9-15-5-3-11-19-15/h3,5,11,13-14,16-18H,1-2,4,6-10,12H2. The molecular formula is C16H26N2O. The molecule has 2 aliphatic rings. The van der Waals surface area contributed by atoms with Gasteiger partial charge in [-0.25, -0.2) is 0 Å². The molecule has 19 heavy (non-hydrogen) atoms. The third kappa shape index (κ3) is 3.61. The summed E-state index contributed by atoms with van der Waals surface area (Å²) >= 11 is 0.